The number of nitrogens with one attached hydrogen (secondary N) is 1. The molecule has 1 N–H and O–H groups in total. The van der Waals surface area contributed by atoms with Crippen LogP contribution in [0, 0.1) is 6.92 Å². The van der Waals surface area contributed by atoms with E-state index in [1.54, 1.807) is 6.92 Å². The van der Waals surface area contributed by atoms with Crippen molar-refractivity contribution < 1.29 is 19.1 Å². The van der Waals surface area contributed by atoms with Crippen molar-refractivity contribution >= 4 is 51.6 Å². The molecule has 4 rings (SSSR count). The highest BCUT2D eigenvalue weighted by molar-refractivity contribution is 7.99. The van der Waals surface area contributed by atoms with Crippen LogP contribution in [0.3, 0.4) is 0 Å². The number of carbonyl (C=O) groups excluding carboxylic acids is 2. The largest absolute Gasteiger partial charge is 0.493 e. The van der Waals surface area contributed by atoms with Gasteiger partial charge in [-0.05, 0) is 82.2 Å². The summed E-state index contributed by atoms with van der Waals surface area (Å²) in [6.07, 6.45) is 5.41. The Kier molecular flexibility index (Phi) is 10.1. The summed E-state index contributed by atoms with van der Waals surface area (Å²) < 4.78 is 13.2. The molecule has 1 aromatic carbocycles. The van der Waals surface area contributed by atoms with Crippen LogP contribution in [0.25, 0.3) is 0 Å². The van der Waals surface area contributed by atoms with E-state index < -0.39 is 0 Å². The van der Waals surface area contributed by atoms with Crippen LogP contribution < -0.4 is 10.1 Å². The lowest BCUT2D eigenvalue weighted by Gasteiger charge is -2.12. The number of thioether (sulfide) groups is 1. The molecule has 3 aromatic rings. The zero-order chi connectivity index (χ0) is 27.1. The molecule has 8 nitrogen and oxygen atoms in total. The van der Waals surface area contributed by atoms with E-state index in [4.69, 9.17) is 21.1 Å². The first kappa shape index (κ1) is 28.4. The van der Waals surface area contributed by atoms with Crippen LogP contribution in [0.1, 0.15) is 65.3 Å². The number of halogens is 1. The first-order valence-electron chi connectivity index (χ1n) is 13.0. The number of nitrogens with zero attached hydrogens (tertiary/aromatic N) is 3. The minimum Gasteiger partial charge on any atom is -0.493 e. The quantitative estimate of drug-likeness (QED) is 0.158. The van der Waals surface area contributed by atoms with E-state index in [2.05, 4.69) is 15.5 Å². The maximum atomic E-state index is 12.9. The van der Waals surface area contributed by atoms with E-state index in [1.165, 1.54) is 28.0 Å². The highest BCUT2D eigenvalue weighted by atomic mass is 35.5. The summed E-state index contributed by atoms with van der Waals surface area (Å²) in [5.74, 6) is 1.31. The van der Waals surface area contributed by atoms with Crippen LogP contribution in [0.4, 0.5) is 5.00 Å². The molecule has 11 heteroatoms. The highest BCUT2D eigenvalue weighted by Crippen LogP contribution is 2.38. The van der Waals surface area contributed by atoms with Gasteiger partial charge in [-0.3, -0.25) is 4.79 Å². The Labute approximate surface area is 236 Å². The summed E-state index contributed by atoms with van der Waals surface area (Å²) in [4.78, 5) is 26.7. The lowest BCUT2D eigenvalue weighted by molar-refractivity contribution is -0.113. The van der Waals surface area contributed by atoms with Crippen LogP contribution in [0.15, 0.2) is 23.4 Å². The number of anilines is 1. The second-order valence-electron chi connectivity index (χ2n) is 8.98. The van der Waals surface area contributed by atoms with Gasteiger partial charge in [0.1, 0.15) is 16.6 Å². The average molecular weight is 577 g/mol. The topological polar surface area (TPSA) is 95.3 Å². The second-order valence-corrected chi connectivity index (χ2v) is 11.5. The van der Waals surface area contributed by atoms with Crippen molar-refractivity contribution in [1.29, 1.82) is 0 Å². The number of esters is 1. The fraction of sp³-hybridized carbons (Fsp3) is 0.481. The summed E-state index contributed by atoms with van der Waals surface area (Å²) >= 11 is 8.85. The smallest absolute Gasteiger partial charge is 0.341 e. The van der Waals surface area contributed by atoms with Gasteiger partial charge in [-0.25, -0.2) is 4.79 Å². The van der Waals surface area contributed by atoms with E-state index in [0.717, 1.165) is 54.8 Å². The Hall–Kier alpha value is -2.56. The molecular formula is C27H33ClN4O4S2. The number of benzene rings is 1. The molecule has 2 heterocycles. The van der Waals surface area contributed by atoms with Gasteiger partial charge in [0.2, 0.25) is 5.91 Å². The van der Waals surface area contributed by atoms with E-state index in [1.807, 2.05) is 36.6 Å². The summed E-state index contributed by atoms with van der Waals surface area (Å²) in [6.45, 7) is 7.35. The van der Waals surface area contributed by atoms with Crippen LogP contribution in [0.2, 0.25) is 5.02 Å². The molecule has 0 bridgehead atoms. The second kappa shape index (κ2) is 13.5. The number of hydrogen-bond acceptors (Lipinski definition) is 8. The normalized spacial score (nSPS) is 12.7. The fourth-order valence-electron chi connectivity index (χ4n) is 4.48. The Morgan fingerprint density at radius 1 is 1.21 bits per heavy atom. The minimum absolute atomic E-state index is 0.169. The molecule has 0 unspecified atom stereocenters. The van der Waals surface area contributed by atoms with E-state index in [0.29, 0.717) is 46.9 Å². The van der Waals surface area contributed by atoms with Gasteiger partial charge < -0.3 is 19.4 Å². The Morgan fingerprint density at radius 3 is 2.79 bits per heavy atom. The molecule has 0 radical (unpaired) electrons. The van der Waals surface area contributed by atoms with Crippen LogP contribution in [-0.4, -0.2) is 45.6 Å². The van der Waals surface area contributed by atoms with Crippen molar-refractivity contribution in [3.05, 3.63) is 50.6 Å². The monoisotopic (exact) mass is 576 g/mol. The SMILES string of the molecule is CCOC(=O)c1c(NC(=O)CSc2nnc(CCCOc3ccc(Cl)cc3C)n2CC)sc2c1CCCC2. The number of thiophene rings is 1. The van der Waals surface area contributed by atoms with Crippen molar-refractivity contribution in [1.82, 2.24) is 14.8 Å². The van der Waals surface area contributed by atoms with Gasteiger partial charge in [0.25, 0.3) is 0 Å². The lowest BCUT2D eigenvalue weighted by Crippen LogP contribution is -2.17. The zero-order valence-electron chi connectivity index (χ0n) is 22.0. The van der Waals surface area contributed by atoms with E-state index >= 15 is 0 Å². The number of carbonyl (C=O) groups is 2. The third-order valence-electron chi connectivity index (χ3n) is 6.29. The number of amides is 1. The maximum Gasteiger partial charge on any atom is 0.341 e. The molecule has 0 saturated heterocycles. The fourth-order valence-corrected chi connectivity index (χ4v) is 6.82. The number of rotatable bonds is 12. The summed E-state index contributed by atoms with van der Waals surface area (Å²) in [7, 11) is 0. The number of aryl methyl sites for hydroxylation is 3. The number of ether oxygens (including phenoxy) is 2. The average Bonchev–Trinajstić information content (AvgIpc) is 3.46. The standard InChI is InChI=1S/C27H33ClN4O4S2/c1-4-32-22(11-8-14-36-20-13-12-18(28)15-17(20)3)30-31-27(32)37-16-23(33)29-25-24(26(34)35-5-2)19-9-6-7-10-21(19)38-25/h12-13,15H,4-11,14,16H2,1-3H3,(H,29,33). The van der Waals surface area contributed by atoms with Gasteiger partial charge in [0.15, 0.2) is 5.16 Å². The molecule has 0 spiro atoms. The highest BCUT2D eigenvalue weighted by Gasteiger charge is 2.27. The van der Waals surface area contributed by atoms with Crippen molar-refractivity contribution in [2.45, 2.75) is 71.0 Å². The summed E-state index contributed by atoms with van der Waals surface area (Å²) in [5.41, 5.74) is 2.57. The molecule has 1 aliphatic carbocycles. The predicted octanol–water partition coefficient (Wildman–Crippen LogP) is 6.12. The Morgan fingerprint density at radius 2 is 2.03 bits per heavy atom. The van der Waals surface area contributed by atoms with Crippen LogP contribution in [-0.2, 0) is 35.3 Å². The number of aromatic nitrogens is 3. The van der Waals surface area contributed by atoms with Crippen molar-refractivity contribution in [3.8, 4) is 5.75 Å². The molecule has 0 saturated carbocycles. The lowest BCUT2D eigenvalue weighted by atomic mass is 9.95. The molecule has 0 atom stereocenters. The van der Waals surface area contributed by atoms with Gasteiger partial charge in [-0.15, -0.1) is 21.5 Å². The minimum atomic E-state index is -0.361. The first-order valence-corrected chi connectivity index (χ1v) is 15.1. The Bertz CT molecular complexity index is 1290. The third-order valence-corrected chi connectivity index (χ3v) is 8.69. The van der Waals surface area contributed by atoms with E-state index in [9.17, 15) is 9.59 Å². The van der Waals surface area contributed by atoms with Gasteiger partial charge >= 0.3 is 5.97 Å². The first-order chi connectivity index (χ1) is 18.4. The number of fused-ring (bicyclic) bond motifs is 1. The molecule has 2 aromatic heterocycles. The molecule has 204 valence electrons. The van der Waals surface area contributed by atoms with Gasteiger partial charge in [-0.1, -0.05) is 23.4 Å². The van der Waals surface area contributed by atoms with Crippen molar-refractivity contribution in [2.75, 3.05) is 24.3 Å². The van der Waals surface area contributed by atoms with Crippen molar-refractivity contribution in [3.63, 3.8) is 0 Å². The van der Waals surface area contributed by atoms with Gasteiger partial charge in [0, 0.05) is 22.9 Å². The molecule has 1 amide bonds. The van der Waals surface area contributed by atoms with Gasteiger partial charge in [0.05, 0.1) is 24.5 Å². The van der Waals surface area contributed by atoms with Crippen molar-refractivity contribution in [2.24, 2.45) is 0 Å². The Balaban J connectivity index is 1.32. The molecule has 0 fully saturated rings. The van der Waals surface area contributed by atoms with Gasteiger partial charge in [-0.2, -0.15) is 0 Å². The van der Waals surface area contributed by atoms with Crippen LogP contribution >= 0.6 is 34.7 Å². The molecule has 0 aliphatic heterocycles. The van der Waals surface area contributed by atoms with E-state index in [-0.39, 0.29) is 17.6 Å². The zero-order valence-corrected chi connectivity index (χ0v) is 24.4. The molecular weight excluding hydrogens is 544 g/mol. The predicted molar refractivity (Wildman–Crippen MR) is 152 cm³/mol. The molecule has 38 heavy (non-hydrogen) atoms. The third kappa shape index (κ3) is 6.90. The maximum absolute atomic E-state index is 12.9. The van der Waals surface area contributed by atoms with Crippen LogP contribution in [0.5, 0.6) is 5.75 Å². The summed E-state index contributed by atoms with van der Waals surface area (Å²) in [6, 6.07) is 5.59. The molecule has 1 aliphatic rings. The number of hydrogen-bond donors (Lipinski definition) is 1. The summed E-state index contributed by atoms with van der Waals surface area (Å²) in [5, 5.41) is 13.6.